The lowest BCUT2D eigenvalue weighted by atomic mass is 9.97. The van der Waals surface area contributed by atoms with Crippen molar-refractivity contribution in [3.63, 3.8) is 0 Å². The lowest BCUT2D eigenvalue weighted by molar-refractivity contribution is -0.137. The first-order chi connectivity index (χ1) is 30.5. The van der Waals surface area contributed by atoms with Gasteiger partial charge in [0.15, 0.2) is 29.1 Å². The first kappa shape index (κ1) is 39.1. The maximum absolute atomic E-state index is 14.7. The SMILES string of the molecule is Cc1nc(C)nc(-c2ccc3c(c2)c2cc(-c4nc(C)nc(C)n4)ccc2n3-c2cc(-c3ccccc3C(F)(F)F)ccc2-c2nc(-c3ccccc3)nc(-c3ccccc3)n2)n1. The van der Waals surface area contributed by atoms with E-state index >= 15 is 0 Å². The summed E-state index contributed by atoms with van der Waals surface area (Å²) >= 11 is 0. The molecule has 0 fully saturated rings. The molecule has 0 saturated heterocycles. The predicted octanol–water partition coefficient (Wildman–Crippen LogP) is 11.6. The fourth-order valence-electron chi connectivity index (χ4n) is 8.03. The van der Waals surface area contributed by atoms with Crippen LogP contribution in [-0.4, -0.2) is 49.4 Å². The van der Waals surface area contributed by atoms with Gasteiger partial charge in [0, 0.05) is 38.6 Å². The Morgan fingerprint density at radius 2 is 0.794 bits per heavy atom. The Balaban J connectivity index is 1.30. The molecular formula is C50H35F3N10. The Labute approximate surface area is 359 Å². The molecule has 10 rings (SSSR count). The number of fused-ring (bicyclic) bond motifs is 3. The number of nitrogens with zero attached hydrogens (tertiary/aromatic N) is 10. The summed E-state index contributed by atoms with van der Waals surface area (Å²) in [5, 5.41) is 1.67. The van der Waals surface area contributed by atoms with Crippen LogP contribution < -0.4 is 0 Å². The van der Waals surface area contributed by atoms with Gasteiger partial charge in [0.2, 0.25) is 0 Å². The maximum Gasteiger partial charge on any atom is 0.417 e. The van der Waals surface area contributed by atoms with Gasteiger partial charge in [-0.05, 0) is 93.4 Å². The van der Waals surface area contributed by atoms with Gasteiger partial charge in [-0.25, -0.2) is 44.9 Å². The number of benzene rings is 6. The summed E-state index contributed by atoms with van der Waals surface area (Å²) in [5.74, 6) is 4.61. The van der Waals surface area contributed by atoms with E-state index in [1.807, 2.05) is 125 Å². The number of hydrogen-bond acceptors (Lipinski definition) is 9. The molecule has 10 aromatic rings. The smallest absolute Gasteiger partial charge is 0.308 e. The first-order valence-electron chi connectivity index (χ1n) is 20.1. The van der Waals surface area contributed by atoms with E-state index in [0.29, 0.717) is 69.2 Å². The van der Waals surface area contributed by atoms with Crippen molar-refractivity contribution in [2.45, 2.75) is 33.9 Å². The minimum atomic E-state index is -4.60. The highest BCUT2D eigenvalue weighted by Gasteiger charge is 2.34. The van der Waals surface area contributed by atoms with E-state index < -0.39 is 11.7 Å². The van der Waals surface area contributed by atoms with Crippen LogP contribution in [-0.2, 0) is 6.18 Å². The zero-order valence-electron chi connectivity index (χ0n) is 34.4. The zero-order chi connectivity index (χ0) is 43.4. The number of halogens is 3. The molecule has 10 nitrogen and oxygen atoms in total. The standard InChI is InChI=1S/C50H35F3N10/c1-28-54-29(2)57-47(56-28)35-20-23-42-39(25-35)40-26-36(48-58-30(3)55-31(4)59-48)21-24-43(40)63(42)44-27-34(37-17-11-12-18-41(37)50(51,52)53)19-22-38(44)49-61-45(32-13-7-5-8-14-32)60-46(62-49)33-15-9-6-10-16-33/h5-27H,1-4H3. The highest BCUT2D eigenvalue weighted by Crippen LogP contribution is 2.43. The van der Waals surface area contributed by atoms with Crippen LogP contribution >= 0.6 is 0 Å². The van der Waals surface area contributed by atoms with Gasteiger partial charge < -0.3 is 4.57 Å². The molecule has 0 aliphatic carbocycles. The Hall–Kier alpha value is -8.06. The molecule has 4 aromatic heterocycles. The highest BCUT2D eigenvalue weighted by molar-refractivity contribution is 6.12. The molecule has 0 saturated carbocycles. The van der Waals surface area contributed by atoms with Crippen molar-refractivity contribution in [2.75, 3.05) is 0 Å². The molecule has 0 N–H and O–H groups in total. The van der Waals surface area contributed by atoms with Gasteiger partial charge in [-0.1, -0.05) is 84.9 Å². The fourth-order valence-corrected chi connectivity index (χ4v) is 8.03. The van der Waals surface area contributed by atoms with E-state index in [1.165, 1.54) is 12.1 Å². The number of alkyl halides is 3. The number of rotatable bonds is 7. The molecule has 306 valence electrons. The third-order valence-electron chi connectivity index (χ3n) is 10.7. The average Bonchev–Trinajstić information content (AvgIpc) is 3.61. The predicted molar refractivity (Wildman–Crippen MR) is 238 cm³/mol. The van der Waals surface area contributed by atoms with Crippen LogP contribution in [0.25, 0.3) is 95.6 Å². The van der Waals surface area contributed by atoms with Crippen LogP contribution in [0.2, 0.25) is 0 Å². The second-order valence-corrected chi connectivity index (χ2v) is 15.1. The summed E-state index contributed by atoms with van der Waals surface area (Å²) in [6, 6.07) is 42.0. The third-order valence-corrected chi connectivity index (χ3v) is 10.7. The largest absolute Gasteiger partial charge is 0.417 e. The van der Waals surface area contributed by atoms with Crippen molar-refractivity contribution in [3.8, 4) is 73.8 Å². The molecule has 0 bridgehead atoms. The number of aromatic nitrogens is 10. The quantitative estimate of drug-likeness (QED) is 0.154. The van der Waals surface area contributed by atoms with Crippen LogP contribution in [0, 0.1) is 27.7 Å². The second kappa shape index (κ2) is 15.4. The zero-order valence-corrected chi connectivity index (χ0v) is 34.4. The lowest BCUT2D eigenvalue weighted by Crippen LogP contribution is -2.07. The first-order valence-corrected chi connectivity index (χ1v) is 20.1. The summed E-state index contributed by atoms with van der Waals surface area (Å²) in [5.41, 5.74) is 5.37. The van der Waals surface area contributed by atoms with E-state index in [0.717, 1.165) is 50.1 Å². The fraction of sp³-hybridized carbons (Fsp3) is 0.100. The van der Waals surface area contributed by atoms with Gasteiger partial charge in [0.25, 0.3) is 0 Å². The van der Waals surface area contributed by atoms with Crippen molar-refractivity contribution in [1.82, 2.24) is 49.4 Å². The van der Waals surface area contributed by atoms with Crippen LogP contribution in [0.5, 0.6) is 0 Å². The van der Waals surface area contributed by atoms with E-state index in [9.17, 15) is 13.2 Å². The summed E-state index contributed by atoms with van der Waals surface area (Å²) in [6.45, 7) is 7.30. The van der Waals surface area contributed by atoms with Crippen molar-refractivity contribution in [1.29, 1.82) is 0 Å². The van der Waals surface area contributed by atoms with E-state index in [2.05, 4.69) is 34.5 Å². The van der Waals surface area contributed by atoms with E-state index in [1.54, 1.807) is 24.3 Å². The number of hydrogen-bond donors (Lipinski definition) is 0. The van der Waals surface area contributed by atoms with Gasteiger partial charge >= 0.3 is 6.18 Å². The molecule has 0 aliphatic heterocycles. The normalized spacial score (nSPS) is 11.7. The molecule has 0 radical (unpaired) electrons. The maximum atomic E-state index is 14.7. The molecular weight excluding hydrogens is 798 g/mol. The monoisotopic (exact) mass is 832 g/mol. The van der Waals surface area contributed by atoms with E-state index in [-0.39, 0.29) is 5.56 Å². The Kier molecular flexibility index (Phi) is 9.58. The minimum Gasteiger partial charge on any atom is -0.308 e. The van der Waals surface area contributed by atoms with Crippen molar-refractivity contribution < 1.29 is 13.2 Å². The Bertz CT molecular complexity index is 3180. The van der Waals surface area contributed by atoms with E-state index in [4.69, 9.17) is 15.0 Å². The molecule has 0 atom stereocenters. The third kappa shape index (κ3) is 7.43. The molecule has 6 aromatic carbocycles. The average molecular weight is 833 g/mol. The molecule has 0 spiro atoms. The molecule has 4 heterocycles. The van der Waals surface area contributed by atoms with Gasteiger partial charge in [-0.3, -0.25) is 0 Å². The van der Waals surface area contributed by atoms with Gasteiger partial charge in [0.1, 0.15) is 23.3 Å². The van der Waals surface area contributed by atoms with Crippen molar-refractivity contribution >= 4 is 21.8 Å². The molecule has 0 unspecified atom stereocenters. The summed E-state index contributed by atoms with van der Waals surface area (Å²) in [6.07, 6.45) is -4.60. The minimum absolute atomic E-state index is 0.0369. The van der Waals surface area contributed by atoms with Crippen LogP contribution in [0.15, 0.2) is 140 Å². The molecule has 63 heavy (non-hydrogen) atoms. The van der Waals surface area contributed by atoms with Crippen LogP contribution in [0.1, 0.15) is 28.9 Å². The summed E-state index contributed by atoms with van der Waals surface area (Å²) < 4.78 is 46.1. The number of aryl methyl sites for hydroxylation is 4. The van der Waals surface area contributed by atoms with Crippen molar-refractivity contribution in [3.05, 3.63) is 168 Å². The topological polar surface area (TPSA) is 121 Å². The summed E-state index contributed by atoms with van der Waals surface area (Å²) in [4.78, 5) is 42.5. The van der Waals surface area contributed by atoms with Gasteiger partial charge in [-0.2, -0.15) is 13.2 Å². The van der Waals surface area contributed by atoms with Gasteiger partial charge in [-0.15, -0.1) is 0 Å². The molecule has 0 amide bonds. The van der Waals surface area contributed by atoms with Crippen LogP contribution in [0.3, 0.4) is 0 Å². The van der Waals surface area contributed by atoms with Crippen LogP contribution in [0.4, 0.5) is 13.2 Å². The second-order valence-electron chi connectivity index (χ2n) is 15.1. The Morgan fingerprint density at radius 3 is 1.29 bits per heavy atom. The lowest BCUT2D eigenvalue weighted by Gasteiger charge is -2.18. The molecule has 0 aliphatic rings. The van der Waals surface area contributed by atoms with Gasteiger partial charge in [0.05, 0.1) is 22.3 Å². The Morgan fingerprint density at radius 1 is 0.365 bits per heavy atom. The van der Waals surface area contributed by atoms with Crippen molar-refractivity contribution in [2.24, 2.45) is 0 Å². The summed E-state index contributed by atoms with van der Waals surface area (Å²) in [7, 11) is 0. The highest BCUT2D eigenvalue weighted by atomic mass is 19.4. The molecule has 13 heteroatoms.